The Morgan fingerprint density at radius 2 is 1.90 bits per heavy atom. The van der Waals surface area contributed by atoms with E-state index in [1.165, 1.54) is 0 Å². The molecule has 0 saturated heterocycles. The van der Waals surface area contributed by atoms with Crippen molar-refractivity contribution in [3.63, 3.8) is 0 Å². The number of hydrogen-bond donors (Lipinski definition) is 0. The zero-order valence-electron chi connectivity index (χ0n) is 7.30. The molecule has 0 unspecified atom stereocenters. The fraction of sp³-hybridized carbons (Fsp3) is 0.750. The molecule has 0 aliphatic heterocycles. The highest BCUT2D eigenvalue weighted by atomic mass is 15.1. The fourth-order valence-corrected chi connectivity index (χ4v) is 0.578. The SMILES string of the molecule is C=CN(C)CCN(C)CC. The third kappa shape index (κ3) is 4.39. The van der Waals surface area contributed by atoms with Crippen LogP contribution in [0.2, 0.25) is 0 Å². The van der Waals surface area contributed by atoms with Crippen molar-refractivity contribution in [1.82, 2.24) is 9.80 Å². The molecule has 0 heterocycles. The lowest BCUT2D eigenvalue weighted by molar-refractivity contribution is 0.307. The molecular weight excluding hydrogens is 124 g/mol. The van der Waals surface area contributed by atoms with E-state index in [9.17, 15) is 0 Å². The lowest BCUT2D eigenvalue weighted by atomic mass is 10.5. The van der Waals surface area contributed by atoms with Crippen LogP contribution in [-0.4, -0.2) is 43.5 Å². The molecule has 0 aromatic rings. The zero-order valence-corrected chi connectivity index (χ0v) is 7.30. The quantitative estimate of drug-likeness (QED) is 0.565. The topological polar surface area (TPSA) is 6.48 Å². The second-order valence-electron chi connectivity index (χ2n) is 2.56. The van der Waals surface area contributed by atoms with Crippen molar-refractivity contribution in [2.24, 2.45) is 0 Å². The molecule has 0 rings (SSSR count). The lowest BCUT2D eigenvalue weighted by Gasteiger charge is -2.18. The minimum atomic E-state index is 1.06. The molecule has 2 heteroatoms. The van der Waals surface area contributed by atoms with Gasteiger partial charge in [-0.3, -0.25) is 0 Å². The van der Waals surface area contributed by atoms with E-state index in [1.807, 2.05) is 13.2 Å². The van der Waals surface area contributed by atoms with E-state index < -0.39 is 0 Å². The van der Waals surface area contributed by atoms with Crippen LogP contribution >= 0.6 is 0 Å². The highest BCUT2D eigenvalue weighted by molar-refractivity contribution is 4.66. The van der Waals surface area contributed by atoms with Crippen molar-refractivity contribution in [3.05, 3.63) is 12.8 Å². The second kappa shape index (κ2) is 5.30. The van der Waals surface area contributed by atoms with Crippen molar-refractivity contribution in [2.75, 3.05) is 33.7 Å². The average Bonchev–Trinajstić information content (AvgIpc) is 1.99. The first-order valence-corrected chi connectivity index (χ1v) is 3.72. The van der Waals surface area contributed by atoms with Crippen molar-refractivity contribution in [2.45, 2.75) is 6.92 Å². The summed E-state index contributed by atoms with van der Waals surface area (Å²) < 4.78 is 0. The van der Waals surface area contributed by atoms with Crippen LogP contribution in [0, 0.1) is 0 Å². The van der Waals surface area contributed by atoms with E-state index >= 15 is 0 Å². The number of nitrogens with zero attached hydrogens (tertiary/aromatic N) is 2. The largest absolute Gasteiger partial charge is 0.380 e. The highest BCUT2D eigenvalue weighted by Crippen LogP contribution is 1.84. The molecule has 0 atom stereocenters. The minimum Gasteiger partial charge on any atom is -0.380 e. The van der Waals surface area contributed by atoms with Gasteiger partial charge in [-0.1, -0.05) is 13.5 Å². The lowest BCUT2D eigenvalue weighted by Crippen LogP contribution is -2.27. The van der Waals surface area contributed by atoms with Crippen LogP contribution in [-0.2, 0) is 0 Å². The highest BCUT2D eigenvalue weighted by Gasteiger charge is 1.94. The van der Waals surface area contributed by atoms with Crippen LogP contribution in [0.5, 0.6) is 0 Å². The first-order chi connectivity index (χ1) is 4.70. The molecule has 0 aromatic heterocycles. The maximum Gasteiger partial charge on any atom is 0.0296 e. The summed E-state index contributed by atoms with van der Waals surface area (Å²) >= 11 is 0. The van der Waals surface area contributed by atoms with E-state index in [0.717, 1.165) is 19.6 Å². The summed E-state index contributed by atoms with van der Waals surface area (Å²) in [6.45, 7) is 9.12. The molecule has 0 aliphatic carbocycles. The van der Waals surface area contributed by atoms with Gasteiger partial charge in [0.2, 0.25) is 0 Å². The van der Waals surface area contributed by atoms with E-state index in [-0.39, 0.29) is 0 Å². The van der Waals surface area contributed by atoms with Gasteiger partial charge in [0, 0.05) is 20.1 Å². The Bertz CT molecular complexity index is 91.3. The van der Waals surface area contributed by atoms with Gasteiger partial charge in [-0.25, -0.2) is 0 Å². The van der Waals surface area contributed by atoms with Gasteiger partial charge in [-0.15, -0.1) is 0 Å². The van der Waals surface area contributed by atoms with Gasteiger partial charge < -0.3 is 9.80 Å². The van der Waals surface area contributed by atoms with Crippen LogP contribution in [0.4, 0.5) is 0 Å². The molecule has 0 saturated carbocycles. The van der Waals surface area contributed by atoms with Gasteiger partial charge in [-0.2, -0.15) is 0 Å². The van der Waals surface area contributed by atoms with Crippen LogP contribution in [0.15, 0.2) is 12.8 Å². The van der Waals surface area contributed by atoms with Crippen molar-refractivity contribution in [1.29, 1.82) is 0 Å². The van der Waals surface area contributed by atoms with E-state index in [0.29, 0.717) is 0 Å². The maximum absolute atomic E-state index is 3.67. The van der Waals surface area contributed by atoms with Gasteiger partial charge in [-0.05, 0) is 19.8 Å². The molecule has 2 nitrogen and oxygen atoms in total. The molecule has 0 aliphatic rings. The molecule has 0 N–H and O–H groups in total. The Labute approximate surface area is 64.1 Å². The smallest absolute Gasteiger partial charge is 0.0296 e. The van der Waals surface area contributed by atoms with Crippen molar-refractivity contribution in [3.8, 4) is 0 Å². The van der Waals surface area contributed by atoms with Gasteiger partial charge in [0.15, 0.2) is 0 Å². The summed E-state index contributed by atoms with van der Waals surface area (Å²) in [6.07, 6.45) is 1.85. The molecule has 0 bridgehead atoms. The van der Waals surface area contributed by atoms with E-state index in [4.69, 9.17) is 0 Å². The van der Waals surface area contributed by atoms with Crippen LogP contribution in [0.3, 0.4) is 0 Å². The molecular formula is C8H18N2. The Morgan fingerprint density at radius 3 is 2.30 bits per heavy atom. The predicted molar refractivity (Wildman–Crippen MR) is 46.0 cm³/mol. The van der Waals surface area contributed by atoms with E-state index in [2.05, 4.69) is 30.4 Å². The van der Waals surface area contributed by atoms with Crippen LogP contribution in [0.25, 0.3) is 0 Å². The summed E-state index contributed by atoms with van der Waals surface area (Å²) in [5.74, 6) is 0. The second-order valence-corrected chi connectivity index (χ2v) is 2.56. The van der Waals surface area contributed by atoms with Gasteiger partial charge in [0.25, 0.3) is 0 Å². The van der Waals surface area contributed by atoms with Crippen LogP contribution < -0.4 is 0 Å². The summed E-state index contributed by atoms with van der Waals surface area (Å²) in [7, 11) is 4.16. The molecule has 0 radical (unpaired) electrons. The standard InChI is InChI=1S/C8H18N2/c1-5-9(3)7-8-10(4)6-2/h5H,1,6-8H2,2-4H3. The number of rotatable bonds is 5. The Kier molecular flexibility index (Phi) is 5.03. The molecule has 0 amide bonds. The van der Waals surface area contributed by atoms with Crippen molar-refractivity contribution < 1.29 is 0 Å². The maximum atomic E-state index is 3.67. The number of likely N-dealkylation sites (N-methyl/N-ethyl adjacent to an activating group) is 2. The zero-order chi connectivity index (χ0) is 7.98. The van der Waals surface area contributed by atoms with Gasteiger partial charge >= 0.3 is 0 Å². The van der Waals surface area contributed by atoms with E-state index in [1.54, 1.807) is 0 Å². The van der Waals surface area contributed by atoms with Crippen molar-refractivity contribution >= 4 is 0 Å². The Balaban J connectivity index is 3.25. The molecule has 60 valence electrons. The van der Waals surface area contributed by atoms with Gasteiger partial charge in [0.05, 0.1) is 0 Å². The van der Waals surface area contributed by atoms with Gasteiger partial charge in [0.1, 0.15) is 0 Å². The fourth-order valence-electron chi connectivity index (χ4n) is 0.578. The normalized spacial score (nSPS) is 10.0. The summed E-state index contributed by atoms with van der Waals surface area (Å²) in [5, 5.41) is 0. The average molecular weight is 142 g/mol. The minimum absolute atomic E-state index is 1.06. The molecule has 10 heavy (non-hydrogen) atoms. The summed E-state index contributed by atoms with van der Waals surface area (Å²) in [5.41, 5.74) is 0. The summed E-state index contributed by atoms with van der Waals surface area (Å²) in [4.78, 5) is 4.37. The first-order valence-electron chi connectivity index (χ1n) is 3.72. The predicted octanol–water partition coefficient (Wildman–Crippen LogP) is 1.01. The number of hydrogen-bond acceptors (Lipinski definition) is 2. The Hall–Kier alpha value is -0.500. The molecule has 0 aromatic carbocycles. The summed E-state index contributed by atoms with van der Waals surface area (Å²) in [6, 6.07) is 0. The van der Waals surface area contributed by atoms with Crippen LogP contribution in [0.1, 0.15) is 6.92 Å². The Morgan fingerprint density at radius 1 is 1.30 bits per heavy atom. The molecule has 0 spiro atoms. The molecule has 0 fully saturated rings. The third-order valence-corrected chi connectivity index (χ3v) is 1.69. The first kappa shape index (κ1) is 9.50. The monoisotopic (exact) mass is 142 g/mol. The third-order valence-electron chi connectivity index (χ3n) is 1.69.